The minimum absolute atomic E-state index is 0.278. The number of H-pyrrole nitrogens is 2. The molecule has 4 atom stereocenters. The van der Waals surface area contributed by atoms with Crippen molar-refractivity contribution in [2.24, 2.45) is 0 Å². The molecule has 2 saturated heterocycles. The molecule has 7 rings (SSSR count). The maximum Gasteiger partial charge on any atom is 0.163 e. The molecule has 0 aliphatic carbocycles. The predicted octanol–water partition coefficient (Wildman–Crippen LogP) is 4.36. The van der Waals surface area contributed by atoms with E-state index in [4.69, 9.17) is 28.9 Å². The molecular weight excluding hydrogens is 592 g/mol. The first kappa shape index (κ1) is 30.9. The molecule has 4 aliphatic rings. The molecule has 3 aromatic heterocycles. The Morgan fingerprint density at radius 2 is 1.02 bits per heavy atom. The molecule has 0 saturated carbocycles. The normalized spacial score (nSPS) is 22.9. The van der Waals surface area contributed by atoms with Crippen LogP contribution >= 0.6 is 0 Å². The summed E-state index contributed by atoms with van der Waals surface area (Å²) in [5, 5.41) is 42.4. The number of aromatic nitrogens is 4. The lowest BCUT2D eigenvalue weighted by atomic mass is 10.1. The van der Waals surface area contributed by atoms with Crippen molar-refractivity contribution in [2.45, 2.75) is 63.7 Å². The highest BCUT2D eigenvalue weighted by atomic mass is 16.7. The van der Waals surface area contributed by atoms with E-state index in [1.54, 1.807) is 12.2 Å². The number of nitrogens with zero attached hydrogens (tertiary/aromatic N) is 2. The Labute approximate surface area is 265 Å². The molecule has 0 aromatic carbocycles. The van der Waals surface area contributed by atoms with E-state index in [2.05, 4.69) is 9.97 Å². The molecule has 0 amide bonds. The Bertz CT molecular complexity index is 1770. The standard InChI is InChI=1S/C34H38N4O8/c1-33(2)43-15-27(45-33)31-21-9-5-17(35-21)29(25(41)13-39)19-7-11-23(37-19)32(28-16-44-34(3,4)46-28)24-12-8-20(38-24)30(26(42)14-40)18-6-10-22(31)36-18/h5-12,25-28,35,38-42H,13-16H2,1-4H3/t25-,26+,27-,28-/m1/s1. The summed E-state index contributed by atoms with van der Waals surface area (Å²) in [6, 6.07) is 7.39. The number of aromatic amines is 2. The van der Waals surface area contributed by atoms with E-state index in [0.29, 0.717) is 67.1 Å². The second kappa shape index (κ2) is 11.5. The fourth-order valence-electron chi connectivity index (χ4n) is 6.51. The Hall–Kier alpha value is -3.72. The molecule has 0 radical (unpaired) electrons. The van der Waals surface area contributed by atoms with Crippen LogP contribution in [0, 0.1) is 0 Å². The van der Waals surface area contributed by atoms with E-state index in [-0.39, 0.29) is 13.2 Å². The molecule has 0 unspecified atom stereocenters. The Morgan fingerprint density at radius 1 is 0.652 bits per heavy atom. The monoisotopic (exact) mass is 630 g/mol. The van der Waals surface area contributed by atoms with Gasteiger partial charge in [0.25, 0.3) is 0 Å². The van der Waals surface area contributed by atoms with Crippen LogP contribution in [0.4, 0.5) is 0 Å². The van der Waals surface area contributed by atoms with Crippen molar-refractivity contribution in [1.82, 2.24) is 19.9 Å². The van der Waals surface area contributed by atoms with Crippen LogP contribution in [0.15, 0.2) is 24.3 Å². The number of nitrogens with one attached hydrogen (secondary N) is 2. The van der Waals surface area contributed by atoms with E-state index in [9.17, 15) is 20.4 Å². The van der Waals surface area contributed by atoms with Crippen molar-refractivity contribution in [3.8, 4) is 0 Å². The van der Waals surface area contributed by atoms with Gasteiger partial charge in [-0.15, -0.1) is 0 Å². The minimum Gasteiger partial charge on any atom is -0.393 e. The number of hydrogen-bond acceptors (Lipinski definition) is 10. The summed E-state index contributed by atoms with van der Waals surface area (Å²) < 4.78 is 24.4. The molecule has 242 valence electrons. The van der Waals surface area contributed by atoms with Gasteiger partial charge in [0.2, 0.25) is 0 Å². The van der Waals surface area contributed by atoms with Crippen molar-refractivity contribution in [3.63, 3.8) is 0 Å². The van der Waals surface area contributed by atoms with E-state index >= 15 is 0 Å². The van der Waals surface area contributed by atoms with Crippen LogP contribution in [0.1, 0.15) is 97.1 Å². The van der Waals surface area contributed by atoms with Crippen molar-refractivity contribution in [3.05, 3.63) is 69.3 Å². The van der Waals surface area contributed by atoms with Gasteiger partial charge in [0.05, 0.1) is 49.2 Å². The molecule has 12 heteroatoms. The highest BCUT2D eigenvalue weighted by Crippen LogP contribution is 2.40. The summed E-state index contributed by atoms with van der Waals surface area (Å²) >= 11 is 0. The largest absolute Gasteiger partial charge is 0.393 e. The zero-order valence-electron chi connectivity index (χ0n) is 26.1. The van der Waals surface area contributed by atoms with Gasteiger partial charge in [0, 0.05) is 44.3 Å². The van der Waals surface area contributed by atoms with Crippen LogP contribution in [0.5, 0.6) is 0 Å². The van der Waals surface area contributed by atoms with E-state index in [1.807, 2.05) is 64.1 Å². The summed E-state index contributed by atoms with van der Waals surface area (Å²) in [5.74, 6) is -1.64. The summed E-state index contributed by atoms with van der Waals surface area (Å²) in [4.78, 5) is 16.7. The molecule has 2 fully saturated rings. The van der Waals surface area contributed by atoms with Crippen molar-refractivity contribution >= 4 is 46.4 Å². The van der Waals surface area contributed by atoms with Gasteiger partial charge in [-0.05, 0) is 76.3 Å². The smallest absolute Gasteiger partial charge is 0.163 e. The van der Waals surface area contributed by atoms with Gasteiger partial charge in [-0.3, -0.25) is 0 Å². The van der Waals surface area contributed by atoms with Gasteiger partial charge < -0.3 is 49.3 Å². The van der Waals surface area contributed by atoms with Crippen molar-refractivity contribution < 1.29 is 39.4 Å². The lowest BCUT2D eigenvalue weighted by molar-refractivity contribution is -0.139. The van der Waals surface area contributed by atoms with Gasteiger partial charge in [0.15, 0.2) is 11.6 Å². The fraction of sp³-hybridized carbons (Fsp3) is 0.412. The Morgan fingerprint density at radius 3 is 1.37 bits per heavy atom. The molecule has 6 N–H and O–H groups in total. The van der Waals surface area contributed by atoms with Crippen molar-refractivity contribution in [1.29, 1.82) is 0 Å². The first-order chi connectivity index (χ1) is 22.0. The molecule has 8 bridgehead atoms. The van der Waals surface area contributed by atoms with Gasteiger partial charge in [-0.25, -0.2) is 9.97 Å². The highest BCUT2D eigenvalue weighted by Gasteiger charge is 2.37. The number of aliphatic hydroxyl groups is 4. The van der Waals surface area contributed by atoms with E-state index < -0.39 is 49.2 Å². The topological polar surface area (TPSA) is 175 Å². The lowest BCUT2D eigenvalue weighted by Gasteiger charge is -2.17. The minimum atomic E-state index is -1.23. The van der Waals surface area contributed by atoms with Crippen LogP contribution in [-0.2, 0) is 18.9 Å². The second-order valence-electron chi connectivity index (χ2n) is 12.7. The Balaban J connectivity index is 1.61. The maximum atomic E-state index is 11.1. The van der Waals surface area contributed by atoms with Crippen LogP contribution in [0.25, 0.3) is 46.4 Å². The van der Waals surface area contributed by atoms with Crippen LogP contribution in [-0.4, -0.2) is 78.4 Å². The van der Waals surface area contributed by atoms with Gasteiger partial charge >= 0.3 is 0 Å². The average Bonchev–Trinajstić information content (AvgIpc) is 3.85. The second-order valence-corrected chi connectivity index (χ2v) is 12.7. The molecule has 12 nitrogen and oxygen atoms in total. The number of hydrogen-bond donors (Lipinski definition) is 6. The summed E-state index contributed by atoms with van der Waals surface area (Å²) in [7, 11) is 0. The number of rotatable bonds is 6. The Kier molecular flexibility index (Phi) is 7.73. The number of fused-ring (bicyclic) bond motifs is 8. The zero-order valence-corrected chi connectivity index (χ0v) is 26.1. The van der Waals surface area contributed by atoms with Gasteiger partial charge in [-0.1, -0.05) is 0 Å². The summed E-state index contributed by atoms with van der Waals surface area (Å²) in [5.41, 5.74) is 6.84. The third-order valence-corrected chi connectivity index (χ3v) is 8.59. The van der Waals surface area contributed by atoms with E-state index in [0.717, 1.165) is 0 Å². The van der Waals surface area contributed by atoms with Crippen LogP contribution in [0.2, 0.25) is 0 Å². The average molecular weight is 631 g/mol. The number of aliphatic hydroxyl groups excluding tert-OH is 4. The van der Waals surface area contributed by atoms with Gasteiger partial charge in [0.1, 0.15) is 24.4 Å². The molecule has 3 aromatic rings. The molecule has 0 spiro atoms. The van der Waals surface area contributed by atoms with Crippen LogP contribution in [0.3, 0.4) is 0 Å². The van der Waals surface area contributed by atoms with Crippen molar-refractivity contribution in [2.75, 3.05) is 26.4 Å². The first-order valence-corrected chi connectivity index (χ1v) is 15.3. The third-order valence-electron chi connectivity index (χ3n) is 8.59. The van der Waals surface area contributed by atoms with E-state index in [1.165, 1.54) is 0 Å². The summed E-state index contributed by atoms with van der Waals surface area (Å²) in [6.07, 6.45) is 3.84. The molecule has 46 heavy (non-hydrogen) atoms. The summed E-state index contributed by atoms with van der Waals surface area (Å²) in [6.45, 7) is 6.90. The quantitative estimate of drug-likeness (QED) is 0.158. The SMILES string of the molecule is CC1(C)OC[C@H](c2c3nc(c([C@@H](O)CO)c4ccc([nH]4)c([C@H]4COC(C)(C)O4)c4nc(c([C@H](O)CO)c5ccc2[nH]5)C=C4)C=C3)O1. The molecule has 7 heterocycles. The fourth-order valence-corrected chi connectivity index (χ4v) is 6.51. The zero-order chi connectivity index (χ0) is 32.4. The van der Waals surface area contributed by atoms with Crippen LogP contribution < -0.4 is 0 Å². The third kappa shape index (κ3) is 5.50. The number of ether oxygens (including phenoxy) is 4. The first-order valence-electron chi connectivity index (χ1n) is 15.3. The predicted molar refractivity (Wildman–Crippen MR) is 171 cm³/mol. The molecular formula is C34H38N4O8. The molecule has 4 aliphatic heterocycles. The highest BCUT2D eigenvalue weighted by molar-refractivity contribution is 5.84. The maximum absolute atomic E-state index is 11.1. The lowest BCUT2D eigenvalue weighted by Crippen LogP contribution is -2.19. The van der Waals surface area contributed by atoms with Gasteiger partial charge in [-0.2, -0.15) is 0 Å².